The summed E-state index contributed by atoms with van der Waals surface area (Å²) < 4.78 is 0. The van der Waals surface area contributed by atoms with Crippen molar-refractivity contribution in [1.29, 1.82) is 0 Å². The van der Waals surface area contributed by atoms with E-state index < -0.39 is 54.6 Å². The van der Waals surface area contributed by atoms with Gasteiger partial charge in [-0.05, 0) is 25.8 Å². The standard InChI is InChI=1S/C9H10N2O7.C6H13NO2/c1-10-6(14)7(15)11(9(10)18)4(8(16)17)2-3-5(12)13;7-5-3-1-2-4-6(8)9/h4H,2-3H2,1H3,(H,12,13)(H,16,17);1-5,7H2,(H,8,9)/t4-;/m0./s1. The highest BCUT2D eigenvalue weighted by atomic mass is 16.4. The Bertz CT molecular complexity index is 605. The topological polar surface area (TPSA) is 196 Å². The third kappa shape index (κ3) is 7.81. The molecule has 1 saturated heterocycles. The van der Waals surface area contributed by atoms with Crippen molar-refractivity contribution in [2.75, 3.05) is 13.6 Å². The Morgan fingerprint density at radius 3 is 1.85 bits per heavy atom. The van der Waals surface area contributed by atoms with E-state index in [1.807, 2.05) is 0 Å². The van der Waals surface area contributed by atoms with E-state index >= 15 is 0 Å². The maximum absolute atomic E-state index is 11.5. The molecule has 1 atom stereocenters. The lowest BCUT2D eigenvalue weighted by molar-refractivity contribution is -0.150. The minimum absolute atomic E-state index is 0.271. The van der Waals surface area contributed by atoms with Crippen LogP contribution in [-0.2, 0) is 24.0 Å². The van der Waals surface area contributed by atoms with E-state index in [9.17, 15) is 28.8 Å². The molecule has 0 radical (unpaired) electrons. The van der Waals surface area contributed by atoms with Crippen LogP contribution in [0, 0.1) is 0 Å². The highest BCUT2D eigenvalue weighted by molar-refractivity contribution is 6.45. The van der Waals surface area contributed by atoms with Crippen LogP contribution in [0.4, 0.5) is 4.79 Å². The predicted octanol–water partition coefficient (Wildman–Crippen LogP) is -0.685. The molecule has 1 heterocycles. The van der Waals surface area contributed by atoms with Gasteiger partial charge in [0, 0.05) is 19.9 Å². The number of carboxylic acids is 3. The molecule has 1 rings (SSSR count). The maximum atomic E-state index is 11.5. The Morgan fingerprint density at radius 1 is 0.926 bits per heavy atom. The van der Waals surface area contributed by atoms with Crippen LogP contribution in [0.25, 0.3) is 0 Å². The van der Waals surface area contributed by atoms with E-state index in [0.29, 0.717) is 11.4 Å². The van der Waals surface area contributed by atoms with E-state index in [0.717, 1.165) is 26.3 Å². The number of amides is 4. The molecule has 0 aromatic heterocycles. The Morgan fingerprint density at radius 2 is 1.48 bits per heavy atom. The molecule has 27 heavy (non-hydrogen) atoms. The molecule has 0 aromatic rings. The number of hydrogen-bond donors (Lipinski definition) is 4. The molecule has 5 N–H and O–H groups in total. The van der Waals surface area contributed by atoms with E-state index in [1.54, 1.807) is 0 Å². The summed E-state index contributed by atoms with van der Waals surface area (Å²) in [6, 6.07) is -2.72. The first kappa shape index (κ1) is 24.0. The summed E-state index contributed by atoms with van der Waals surface area (Å²) in [4.78, 5) is 66.1. The van der Waals surface area contributed by atoms with Crippen LogP contribution in [0.15, 0.2) is 0 Å². The average Bonchev–Trinajstić information content (AvgIpc) is 2.76. The predicted molar refractivity (Wildman–Crippen MR) is 88.5 cm³/mol. The number of rotatable bonds is 10. The number of urea groups is 1. The van der Waals surface area contributed by atoms with Gasteiger partial charge in [0.05, 0.1) is 0 Å². The molecule has 0 unspecified atom stereocenters. The van der Waals surface area contributed by atoms with Crippen molar-refractivity contribution in [2.45, 2.75) is 44.6 Å². The van der Waals surface area contributed by atoms with Gasteiger partial charge < -0.3 is 21.1 Å². The fourth-order valence-electron chi connectivity index (χ4n) is 2.08. The van der Waals surface area contributed by atoms with Crippen LogP contribution in [0.2, 0.25) is 0 Å². The quantitative estimate of drug-likeness (QED) is 0.211. The second-order valence-electron chi connectivity index (χ2n) is 5.60. The lowest BCUT2D eigenvalue weighted by Crippen LogP contribution is -2.45. The zero-order valence-corrected chi connectivity index (χ0v) is 14.8. The first-order valence-electron chi connectivity index (χ1n) is 8.06. The van der Waals surface area contributed by atoms with Crippen LogP contribution in [0.3, 0.4) is 0 Å². The molecule has 0 saturated carbocycles. The largest absolute Gasteiger partial charge is 0.481 e. The van der Waals surface area contributed by atoms with Gasteiger partial charge in [-0.2, -0.15) is 0 Å². The number of carboxylic acid groups (broad SMARTS) is 3. The van der Waals surface area contributed by atoms with E-state index in [4.69, 9.17) is 21.1 Å². The molecular formula is C15H23N3O9. The lowest BCUT2D eigenvalue weighted by Gasteiger charge is -2.20. The second-order valence-corrected chi connectivity index (χ2v) is 5.60. The van der Waals surface area contributed by atoms with Gasteiger partial charge in [0.1, 0.15) is 6.04 Å². The smallest absolute Gasteiger partial charge is 0.334 e. The third-order valence-corrected chi connectivity index (χ3v) is 3.52. The van der Waals surface area contributed by atoms with Gasteiger partial charge in [-0.15, -0.1) is 0 Å². The number of nitrogens with zero attached hydrogens (tertiary/aromatic N) is 2. The third-order valence-electron chi connectivity index (χ3n) is 3.52. The van der Waals surface area contributed by atoms with Crippen molar-refractivity contribution in [2.24, 2.45) is 5.73 Å². The molecule has 0 aliphatic carbocycles. The van der Waals surface area contributed by atoms with Gasteiger partial charge in [0.25, 0.3) is 0 Å². The van der Waals surface area contributed by atoms with E-state index in [-0.39, 0.29) is 11.3 Å². The Balaban J connectivity index is 0.000000636. The molecular weight excluding hydrogens is 366 g/mol. The van der Waals surface area contributed by atoms with Gasteiger partial charge in [-0.25, -0.2) is 14.5 Å². The van der Waals surface area contributed by atoms with Crippen LogP contribution in [0.5, 0.6) is 0 Å². The van der Waals surface area contributed by atoms with Gasteiger partial charge in [0.15, 0.2) is 0 Å². The van der Waals surface area contributed by atoms with Crippen molar-refractivity contribution in [1.82, 2.24) is 9.80 Å². The van der Waals surface area contributed by atoms with Gasteiger partial charge in [0.2, 0.25) is 0 Å². The van der Waals surface area contributed by atoms with Crippen molar-refractivity contribution in [3.05, 3.63) is 0 Å². The number of likely N-dealkylation sites (N-methyl/N-ethyl adjacent to an activating group) is 1. The summed E-state index contributed by atoms with van der Waals surface area (Å²) in [5.41, 5.74) is 5.20. The van der Waals surface area contributed by atoms with Crippen molar-refractivity contribution in [3.63, 3.8) is 0 Å². The molecule has 152 valence electrons. The average molecular weight is 389 g/mol. The number of unbranched alkanes of at least 4 members (excludes halogenated alkanes) is 2. The molecule has 12 nitrogen and oxygen atoms in total. The molecule has 0 aromatic carbocycles. The minimum atomic E-state index is -1.66. The first-order valence-corrected chi connectivity index (χ1v) is 8.06. The number of imide groups is 2. The van der Waals surface area contributed by atoms with Crippen molar-refractivity contribution < 1.29 is 44.1 Å². The van der Waals surface area contributed by atoms with Crippen molar-refractivity contribution in [3.8, 4) is 0 Å². The zero-order valence-electron chi connectivity index (χ0n) is 14.8. The lowest BCUT2D eigenvalue weighted by atomic mass is 10.1. The van der Waals surface area contributed by atoms with Gasteiger partial charge >= 0.3 is 35.8 Å². The number of carbonyl (C=O) groups is 6. The Labute approximate surface area is 154 Å². The van der Waals surface area contributed by atoms with Crippen LogP contribution in [-0.4, -0.2) is 80.5 Å². The Kier molecular flexibility index (Phi) is 10.3. The second kappa shape index (κ2) is 11.6. The molecule has 1 aliphatic rings. The number of carbonyl (C=O) groups excluding carboxylic acids is 3. The fourth-order valence-corrected chi connectivity index (χ4v) is 2.08. The summed E-state index contributed by atoms with van der Waals surface area (Å²) in [5.74, 6) is -5.92. The number of nitrogens with two attached hydrogens (primary N) is 1. The SMILES string of the molecule is CN1C(=O)C(=O)N([C@@H](CCC(=O)O)C(=O)O)C1=O.NCCCCCC(=O)O. The number of aliphatic carboxylic acids is 3. The summed E-state index contributed by atoms with van der Waals surface area (Å²) in [6.07, 6.45) is 1.91. The number of hydrogen-bond acceptors (Lipinski definition) is 7. The molecule has 1 fully saturated rings. The molecule has 1 aliphatic heterocycles. The molecule has 0 bridgehead atoms. The van der Waals surface area contributed by atoms with Crippen molar-refractivity contribution >= 4 is 35.8 Å². The maximum Gasteiger partial charge on any atom is 0.334 e. The Hall–Kier alpha value is -3.02. The molecule has 12 heteroatoms. The van der Waals surface area contributed by atoms with E-state index in [2.05, 4.69) is 0 Å². The zero-order chi connectivity index (χ0) is 21.1. The highest BCUT2D eigenvalue weighted by Crippen LogP contribution is 2.17. The monoisotopic (exact) mass is 389 g/mol. The normalized spacial score (nSPS) is 14.7. The van der Waals surface area contributed by atoms with Crippen LogP contribution < -0.4 is 5.73 Å². The van der Waals surface area contributed by atoms with E-state index in [1.165, 1.54) is 0 Å². The fraction of sp³-hybridized carbons (Fsp3) is 0.600. The summed E-state index contributed by atoms with van der Waals surface area (Å²) in [6.45, 7) is 0.666. The minimum Gasteiger partial charge on any atom is -0.481 e. The summed E-state index contributed by atoms with van der Waals surface area (Å²) >= 11 is 0. The summed E-state index contributed by atoms with van der Waals surface area (Å²) in [5, 5.41) is 25.5. The molecule has 4 amide bonds. The molecule has 0 spiro atoms. The van der Waals surface area contributed by atoms with Crippen LogP contribution >= 0.6 is 0 Å². The van der Waals surface area contributed by atoms with Crippen LogP contribution in [0.1, 0.15) is 38.5 Å². The van der Waals surface area contributed by atoms with Gasteiger partial charge in [-0.3, -0.25) is 24.1 Å². The van der Waals surface area contributed by atoms with Gasteiger partial charge in [-0.1, -0.05) is 6.42 Å². The summed E-state index contributed by atoms with van der Waals surface area (Å²) in [7, 11) is 1.04. The first-order chi connectivity index (χ1) is 12.5. The highest BCUT2D eigenvalue weighted by Gasteiger charge is 2.48.